The van der Waals surface area contributed by atoms with Gasteiger partial charge < -0.3 is 5.32 Å². The van der Waals surface area contributed by atoms with Gasteiger partial charge in [0.15, 0.2) is 10.9 Å². The molecule has 3 aromatic heterocycles. The quantitative estimate of drug-likeness (QED) is 0.746. The Morgan fingerprint density at radius 3 is 2.86 bits per heavy atom. The Morgan fingerprint density at radius 2 is 2.10 bits per heavy atom. The van der Waals surface area contributed by atoms with Crippen molar-refractivity contribution in [2.24, 2.45) is 0 Å². The number of nitrogens with one attached hydrogen (secondary N) is 1. The summed E-state index contributed by atoms with van der Waals surface area (Å²) in [4.78, 5) is 25.0. The Balaban J connectivity index is 1.85. The van der Waals surface area contributed by atoms with E-state index in [1.54, 1.807) is 24.8 Å². The SMILES string of the molecule is CC(=O)c1cncc(-c2cnc(Nc3ccccn3)s2)c1. The number of thiazole rings is 1. The van der Waals surface area contributed by atoms with Crippen molar-refractivity contribution in [3.05, 3.63) is 54.6 Å². The van der Waals surface area contributed by atoms with Crippen LogP contribution < -0.4 is 5.32 Å². The number of carbonyl (C=O) groups excluding carboxylic acids is 1. The number of carbonyl (C=O) groups is 1. The van der Waals surface area contributed by atoms with E-state index >= 15 is 0 Å². The molecule has 0 bridgehead atoms. The molecule has 6 heteroatoms. The zero-order valence-electron chi connectivity index (χ0n) is 11.3. The average Bonchev–Trinajstić information content (AvgIpc) is 2.97. The lowest BCUT2D eigenvalue weighted by molar-refractivity contribution is 0.101. The van der Waals surface area contributed by atoms with Gasteiger partial charge >= 0.3 is 0 Å². The second kappa shape index (κ2) is 5.80. The maximum absolute atomic E-state index is 11.4. The number of Topliss-reactive ketones (excluding diaryl/α,β-unsaturated/α-hetero) is 1. The van der Waals surface area contributed by atoms with E-state index in [1.165, 1.54) is 18.3 Å². The third-order valence-corrected chi connectivity index (χ3v) is 3.80. The molecule has 1 N–H and O–H groups in total. The minimum absolute atomic E-state index is 0.000648. The van der Waals surface area contributed by atoms with E-state index < -0.39 is 0 Å². The van der Waals surface area contributed by atoms with Gasteiger partial charge in [-0.15, -0.1) is 0 Å². The highest BCUT2D eigenvalue weighted by molar-refractivity contribution is 7.18. The van der Waals surface area contributed by atoms with Crippen LogP contribution >= 0.6 is 11.3 Å². The second-order valence-electron chi connectivity index (χ2n) is 4.39. The van der Waals surface area contributed by atoms with E-state index in [0.29, 0.717) is 5.56 Å². The number of rotatable bonds is 4. The summed E-state index contributed by atoms with van der Waals surface area (Å²) in [6.45, 7) is 1.53. The molecule has 0 saturated heterocycles. The van der Waals surface area contributed by atoms with E-state index in [1.807, 2.05) is 24.3 Å². The number of pyridine rings is 2. The maximum atomic E-state index is 11.4. The molecule has 21 heavy (non-hydrogen) atoms. The summed E-state index contributed by atoms with van der Waals surface area (Å²) in [5, 5.41) is 3.89. The molecule has 0 aliphatic carbocycles. The van der Waals surface area contributed by atoms with E-state index in [9.17, 15) is 4.79 Å². The van der Waals surface area contributed by atoms with Gasteiger partial charge in [0, 0.05) is 35.9 Å². The highest BCUT2D eigenvalue weighted by atomic mass is 32.1. The fourth-order valence-electron chi connectivity index (χ4n) is 1.78. The van der Waals surface area contributed by atoms with Crippen LogP contribution in [0.5, 0.6) is 0 Å². The second-order valence-corrected chi connectivity index (χ2v) is 5.42. The smallest absolute Gasteiger partial charge is 0.188 e. The number of aromatic nitrogens is 3. The first-order valence-electron chi connectivity index (χ1n) is 6.32. The molecule has 0 aliphatic rings. The third kappa shape index (κ3) is 3.11. The zero-order chi connectivity index (χ0) is 14.7. The van der Waals surface area contributed by atoms with Crippen molar-refractivity contribution in [3.8, 4) is 10.4 Å². The van der Waals surface area contributed by atoms with Crippen molar-refractivity contribution in [2.45, 2.75) is 6.92 Å². The standard InChI is InChI=1S/C15H12N4OS/c1-10(20)11-6-12(8-16-7-11)13-9-18-15(21-13)19-14-4-2-3-5-17-14/h2-9H,1H3,(H,17,18,19). The van der Waals surface area contributed by atoms with Crippen LogP contribution in [-0.4, -0.2) is 20.7 Å². The molecule has 0 atom stereocenters. The largest absolute Gasteiger partial charge is 0.316 e. The van der Waals surface area contributed by atoms with Gasteiger partial charge in [-0.25, -0.2) is 9.97 Å². The summed E-state index contributed by atoms with van der Waals surface area (Å²) in [6.07, 6.45) is 6.78. The predicted molar refractivity (Wildman–Crippen MR) is 82.9 cm³/mol. The van der Waals surface area contributed by atoms with E-state index in [4.69, 9.17) is 0 Å². The van der Waals surface area contributed by atoms with Gasteiger partial charge in [0.25, 0.3) is 0 Å². The summed E-state index contributed by atoms with van der Waals surface area (Å²) in [7, 11) is 0. The van der Waals surface area contributed by atoms with Gasteiger partial charge in [-0.1, -0.05) is 17.4 Å². The molecule has 0 aromatic carbocycles. The first-order valence-corrected chi connectivity index (χ1v) is 7.14. The Hall–Kier alpha value is -2.60. The first kappa shape index (κ1) is 13.4. The van der Waals surface area contributed by atoms with E-state index in [-0.39, 0.29) is 5.78 Å². The molecular weight excluding hydrogens is 284 g/mol. The Kier molecular flexibility index (Phi) is 3.70. The lowest BCUT2D eigenvalue weighted by atomic mass is 10.1. The minimum atomic E-state index is 0.000648. The van der Waals surface area contributed by atoms with Gasteiger partial charge in [-0.05, 0) is 25.1 Å². The van der Waals surface area contributed by atoms with Gasteiger partial charge in [0.05, 0.1) is 4.88 Å². The normalized spacial score (nSPS) is 10.3. The predicted octanol–water partition coefficient (Wildman–Crippen LogP) is 3.55. The molecule has 0 spiro atoms. The van der Waals surface area contributed by atoms with Crippen LogP contribution in [0.3, 0.4) is 0 Å². The Labute approximate surface area is 125 Å². The molecule has 0 aliphatic heterocycles. The molecule has 0 radical (unpaired) electrons. The molecule has 3 rings (SSSR count). The van der Waals surface area contributed by atoms with Crippen LogP contribution in [0.25, 0.3) is 10.4 Å². The molecular formula is C15H12N4OS. The molecule has 0 amide bonds. The van der Waals surface area contributed by atoms with Crippen molar-refractivity contribution < 1.29 is 4.79 Å². The molecule has 3 heterocycles. The van der Waals surface area contributed by atoms with Gasteiger partial charge in [0.2, 0.25) is 0 Å². The molecule has 5 nitrogen and oxygen atoms in total. The molecule has 3 aromatic rings. The van der Waals surface area contributed by atoms with Crippen LogP contribution in [0, 0.1) is 0 Å². The van der Waals surface area contributed by atoms with E-state index in [2.05, 4.69) is 20.3 Å². The fraction of sp³-hybridized carbons (Fsp3) is 0.0667. The summed E-state index contributed by atoms with van der Waals surface area (Å²) in [5.41, 5.74) is 1.48. The highest BCUT2D eigenvalue weighted by Gasteiger charge is 2.08. The lowest BCUT2D eigenvalue weighted by Gasteiger charge is -2.00. The van der Waals surface area contributed by atoms with Crippen molar-refractivity contribution in [2.75, 3.05) is 5.32 Å². The van der Waals surface area contributed by atoms with Gasteiger partial charge in [0.1, 0.15) is 5.82 Å². The summed E-state index contributed by atoms with van der Waals surface area (Å²) in [6, 6.07) is 7.47. The maximum Gasteiger partial charge on any atom is 0.188 e. The summed E-state index contributed by atoms with van der Waals surface area (Å²) in [5.74, 6) is 0.745. The first-order chi connectivity index (χ1) is 10.2. The van der Waals surface area contributed by atoms with Crippen molar-refractivity contribution in [3.63, 3.8) is 0 Å². The molecule has 0 saturated carbocycles. The monoisotopic (exact) mass is 296 g/mol. The molecule has 0 fully saturated rings. The van der Waals surface area contributed by atoms with Crippen LogP contribution in [0.1, 0.15) is 17.3 Å². The topological polar surface area (TPSA) is 67.8 Å². The zero-order valence-corrected chi connectivity index (χ0v) is 12.1. The summed E-state index contributed by atoms with van der Waals surface area (Å²) < 4.78 is 0. The van der Waals surface area contributed by atoms with Gasteiger partial charge in [-0.3, -0.25) is 9.78 Å². The van der Waals surface area contributed by atoms with Crippen molar-refractivity contribution in [1.82, 2.24) is 15.0 Å². The van der Waals surface area contributed by atoms with E-state index in [0.717, 1.165) is 21.4 Å². The van der Waals surface area contributed by atoms with Crippen LogP contribution in [-0.2, 0) is 0 Å². The third-order valence-electron chi connectivity index (χ3n) is 2.83. The van der Waals surface area contributed by atoms with Crippen molar-refractivity contribution >= 4 is 28.1 Å². The number of nitrogens with zero attached hydrogens (tertiary/aromatic N) is 3. The Bertz CT molecular complexity index is 770. The highest BCUT2D eigenvalue weighted by Crippen LogP contribution is 2.30. The van der Waals surface area contributed by atoms with Crippen LogP contribution in [0.2, 0.25) is 0 Å². The number of anilines is 2. The van der Waals surface area contributed by atoms with Crippen LogP contribution in [0.4, 0.5) is 10.9 Å². The fourth-order valence-corrected chi connectivity index (χ4v) is 2.58. The molecule has 104 valence electrons. The number of hydrogen-bond acceptors (Lipinski definition) is 6. The van der Waals surface area contributed by atoms with Crippen LogP contribution in [0.15, 0.2) is 49.1 Å². The average molecular weight is 296 g/mol. The molecule has 0 unspecified atom stereocenters. The van der Waals surface area contributed by atoms with Crippen molar-refractivity contribution in [1.29, 1.82) is 0 Å². The van der Waals surface area contributed by atoms with Gasteiger partial charge in [-0.2, -0.15) is 0 Å². The Morgan fingerprint density at radius 1 is 1.19 bits per heavy atom. The number of hydrogen-bond donors (Lipinski definition) is 1. The summed E-state index contributed by atoms with van der Waals surface area (Å²) >= 11 is 1.49. The number of ketones is 1. The lowest BCUT2D eigenvalue weighted by Crippen LogP contribution is -1.93. The minimum Gasteiger partial charge on any atom is -0.316 e.